The van der Waals surface area contributed by atoms with E-state index < -0.39 is 41.0 Å². The molecular weight excluding hydrogens is 436 g/mol. The standard InChI is InChI=1S/C20H20F4N4O4/c1-10-7-15(29)28-17(25-10)12(9-27(28)4)18(30)26-16(19(2,3)31)11-5-6-14(13(21)8-11)32-20(22,23)24/h5-9,16,31H,1-4H3,(H,26,30)/t16-/m0/s1. The van der Waals surface area contributed by atoms with E-state index >= 15 is 0 Å². The van der Waals surface area contributed by atoms with Gasteiger partial charge in [0.2, 0.25) is 0 Å². The fourth-order valence-electron chi connectivity index (χ4n) is 3.31. The molecule has 2 heterocycles. The van der Waals surface area contributed by atoms with Crippen molar-refractivity contribution in [2.75, 3.05) is 0 Å². The predicted octanol–water partition coefficient (Wildman–Crippen LogP) is 2.62. The number of fused-ring (bicyclic) bond motifs is 1. The van der Waals surface area contributed by atoms with Crippen molar-refractivity contribution in [3.63, 3.8) is 0 Å². The van der Waals surface area contributed by atoms with Crippen LogP contribution in [0.4, 0.5) is 17.6 Å². The van der Waals surface area contributed by atoms with Crippen LogP contribution in [-0.2, 0) is 7.05 Å². The summed E-state index contributed by atoms with van der Waals surface area (Å²) in [5.41, 5.74) is -1.57. The van der Waals surface area contributed by atoms with E-state index in [2.05, 4.69) is 15.0 Å². The predicted molar refractivity (Wildman–Crippen MR) is 105 cm³/mol. The van der Waals surface area contributed by atoms with Crippen molar-refractivity contribution in [3.8, 4) is 5.75 Å². The van der Waals surface area contributed by atoms with E-state index in [1.54, 1.807) is 6.92 Å². The molecule has 0 bridgehead atoms. The SMILES string of the molecule is Cc1cc(=O)n2c(n1)c(C(=O)N[C@@H](c1ccc(OC(F)(F)F)c(F)c1)C(C)(C)O)cn2C. The van der Waals surface area contributed by atoms with E-state index in [-0.39, 0.29) is 16.8 Å². The van der Waals surface area contributed by atoms with E-state index in [4.69, 9.17) is 0 Å². The van der Waals surface area contributed by atoms with Crippen LogP contribution in [0.2, 0.25) is 0 Å². The molecule has 3 rings (SSSR count). The van der Waals surface area contributed by atoms with Crippen LogP contribution in [0.3, 0.4) is 0 Å². The third-order valence-electron chi connectivity index (χ3n) is 4.64. The van der Waals surface area contributed by atoms with Crippen LogP contribution < -0.4 is 15.6 Å². The summed E-state index contributed by atoms with van der Waals surface area (Å²) in [6, 6.07) is 2.66. The molecule has 0 spiro atoms. The molecule has 0 saturated heterocycles. The number of amides is 1. The smallest absolute Gasteiger partial charge is 0.403 e. The molecule has 0 aliphatic rings. The molecule has 0 saturated carbocycles. The minimum absolute atomic E-state index is 0.000539. The number of halogens is 4. The van der Waals surface area contributed by atoms with Crippen LogP contribution in [0.1, 0.15) is 41.5 Å². The zero-order valence-electron chi connectivity index (χ0n) is 17.5. The Morgan fingerprint density at radius 2 is 1.91 bits per heavy atom. The number of aryl methyl sites for hydroxylation is 2. The summed E-state index contributed by atoms with van der Waals surface area (Å²) < 4.78 is 57.6. The Hall–Kier alpha value is -3.41. The van der Waals surface area contributed by atoms with Gasteiger partial charge in [0.25, 0.3) is 11.5 Å². The average molecular weight is 456 g/mol. The Morgan fingerprint density at radius 1 is 1.25 bits per heavy atom. The molecule has 0 radical (unpaired) electrons. The molecule has 12 heteroatoms. The van der Waals surface area contributed by atoms with Crippen molar-refractivity contribution in [1.82, 2.24) is 19.5 Å². The second-order valence-electron chi connectivity index (χ2n) is 7.79. The maximum atomic E-state index is 14.2. The molecule has 32 heavy (non-hydrogen) atoms. The average Bonchev–Trinajstić information content (AvgIpc) is 2.96. The van der Waals surface area contributed by atoms with Crippen molar-refractivity contribution < 1.29 is 32.2 Å². The number of nitrogens with one attached hydrogen (secondary N) is 1. The maximum Gasteiger partial charge on any atom is 0.573 e. The number of aromatic nitrogens is 3. The highest BCUT2D eigenvalue weighted by Gasteiger charge is 2.35. The quantitative estimate of drug-likeness (QED) is 0.576. The number of carbonyl (C=O) groups is 1. The normalized spacial score (nSPS) is 13.3. The highest BCUT2D eigenvalue weighted by Crippen LogP contribution is 2.31. The molecule has 0 aliphatic heterocycles. The van der Waals surface area contributed by atoms with E-state index in [1.807, 2.05) is 0 Å². The van der Waals surface area contributed by atoms with E-state index in [1.165, 1.54) is 42.4 Å². The first-order valence-corrected chi connectivity index (χ1v) is 9.32. The van der Waals surface area contributed by atoms with Gasteiger partial charge in [-0.05, 0) is 38.5 Å². The second-order valence-corrected chi connectivity index (χ2v) is 7.79. The largest absolute Gasteiger partial charge is 0.573 e. The number of hydrogen-bond acceptors (Lipinski definition) is 5. The van der Waals surface area contributed by atoms with Gasteiger partial charge < -0.3 is 15.2 Å². The van der Waals surface area contributed by atoms with Gasteiger partial charge in [-0.15, -0.1) is 13.2 Å². The van der Waals surface area contributed by atoms with Crippen molar-refractivity contribution >= 4 is 11.6 Å². The van der Waals surface area contributed by atoms with Crippen LogP contribution in [-0.4, -0.2) is 37.2 Å². The summed E-state index contributed by atoms with van der Waals surface area (Å²) in [6.07, 6.45) is -3.72. The summed E-state index contributed by atoms with van der Waals surface area (Å²) in [7, 11) is 1.53. The summed E-state index contributed by atoms with van der Waals surface area (Å²) in [5, 5.41) is 13.1. The zero-order valence-corrected chi connectivity index (χ0v) is 17.5. The Bertz CT molecular complexity index is 1240. The van der Waals surface area contributed by atoms with Crippen LogP contribution >= 0.6 is 0 Å². The first kappa shape index (κ1) is 23.3. The summed E-state index contributed by atoms with van der Waals surface area (Å²) in [6.45, 7) is 4.26. The monoisotopic (exact) mass is 456 g/mol. The number of aliphatic hydroxyl groups is 1. The number of rotatable bonds is 5. The lowest BCUT2D eigenvalue weighted by atomic mass is 9.91. The minimum Gasteiger partial charge on any atom is -0.403 e. The lowest BCUT2D eigenvalue weighted by Crippen LogP contribution is -2.42. The number of nitrogens with zero attached hydrogens (tertiary/aromatic N) is 3. The fourth-order valence-corrected chi connectivity index (χ4v) is 3.31. The van der Waals surface area contributed by atoms with Crippen LogP contribution in [0.5, 0.6) is 5.75 Å². The third-order valence-corrected chi connectivity index (χ3v) is 4.64. The van der Waals surface area contributed by atoms with Gasteiger partial charge in [0.1, 0.15) is 5.56 Å². The van der Waals surface area contributed by atoms with Gasteiger partial charge in [0.15, 0.2) is 17.2 Å². The van der Waals surface area contributed by atoms with Gasteiger partial charge in [-0.3, -0.25) is 14.3 Å². The number of alkyl halides is 3. The van der Waals surface area contributed by atoms with Gasteiger partial charge in [0, 0.05) is 25.0 Å². The second kappa shape index (κ2) is 7.93. The third kappa shape index (κ3) is 4.74. The van der Waals surface area contributed by atoms with Crippen LogP contribution in [0.15, 0.2) is 35.3 Å². The fraction of sp³-hybridized carbons (Fsp3) is 0.350. The molecule has 2 aromatic heterocycles. The van der Waals surface area contributed by atoms with E-state index in [0.29, 0.717) is 5.69 Å². The van der Waals surface area contributed by atoms with Gasteiger partial charge in [-0.2, -0.15) is 4.52 Å². The van der Waals surface area contributed by atoms with E-state index in [9.17, 15) is 32.3 Å². The molecule has 1 amide bonds. The number of carbonyl (C=O) groups excluding carboxylic acids is 1. The molecule has 2 N–H and O–H groups in total. The Labute approximate surface area is 179 Å². The van der Waals surface area contributed by atoms with Crippen LogP contribution in [0, 0.1) is 12.7 Å². The van der Waals surface area contributed by atoms with Crippen LogP contribution in [0.25, 0.3) is 5.65 Å². The molecule has 8 nitrogen and oxygen atoms in total. The van der Waals surface area contributed by atoms with Gasteiger partial charge in [-0.1, -0.05) is 6.07 Å². The van der Waals surface area contributed by atoms with Crippen molar-refractivity contribution in [1.29, 1.82) is 0 Å². The topological polar surface area (TPSA) is 97.9 Å². The first-order valence-electron chi connectivity index (χ1n) is 9.32. The molecule has 3 aromatic rings. The number of ether oxygens (including phenoxy) is 1. The Balaban J connectivity index is 1.99. The lowest BCUT2D eigenvalue weighted by molar-refractivity contribution is -0.275. The maximum absolute atomic E-state index is 14.2. The summed E-state index contributed by atoms with van der Waals surface area (Å²) in [5.74, 6) is -3.10. The van der Waals surface area contributed by atoms with Gasteiger partial charge in [0.05, 0.1) is 11.6 Å². The van der Waals surface area contributed by atoms with Gasteiger partial charge >= 0.3 is 6.36 Å². The summed E-state index contributed by atoms with van der Waals surface area (Å²) >= 11 is 0. The minimum atomic E-state index is -5.08. The van der Waals surface area contributed by atoms with Crippen molar-refractivity contribution in [2.45, 2.75) is 38.8 Å². The highest BCUT2D eigenvalue weighted by molar-refractivity contribution is 6.00. The first-order chi connectivity index (χ1) is 14.7. The van der Waals surface area contributed by atoms with Gasteiger partial charge in [-0.25, -0.2) is 9.37 Å². The molecule has 172 valence electrons. The van der Waals surface area contributed by atoms with Crippen molar-refractivity contribution in [2.24, 2.45) is 7.05 Å². The summed E-state index contributed by atoms with van der Waals surface area (Å²) in [4.78, 5) is 29.4. The number of hydrogen-bond donors (Lipinski definition) is 2. The molecule has 0 fully saturated rings. The molecule has 0 aliphatic carbocycles. The molecular formula is C20H20F4N4O4. The molecule has 1 aromatic carbocycles. The highest BCUT2D eigenvalue weighted by atomic mass is 19.4. The zero-order chi connectivity index (χ0) is 24.0. The Morgan fingerprint density at radius 3 is 2.47 bits per heavy atom. The molecule has 0 unspecified atom stereocenters. The van der Waals surface area contributed by atoms with E-state index in [0.717, 1.165) is 18.2 Å². The van der Waals surface area contributed by atoms with Crippen molar-refractivity contribution in [3.05, 3.63) is 63.5 Å². The Kier molecular flexibility index (Phi) is 5.77. The lowest BCUT2D eigenvalue weighted by Gasteiger charge is -2.30. The molecule has 1 atom stereocenters. The number of benzene rings is 1.